The first-order chi connectivity index (χ1) is 14.3. The lowest BCUT2D eigenvalue weighted by Gasteiger charge is -2.11. The molecule has 0 radical (unpaired) electrons. The van der Waals surface area contributed by atoms with Crippen molar-refractivity contribution < 1.29 is 14.3 Å². The second-order valence-electron chi connectivity index (χ2n) is 6.09. The number of esters is 1. The molecule has 0 bridgehead atoms. The number of hydrazone groups is 1. The lowest BCUT2D eigenvalue weighted by atomic mass is 10.2. The molecule has 1 N–H and O–H groups in total. The van der Waals surface area contributed by atoms with E-state index in [1.54, 1.807) is 42.5 Å². The number of nitrogens with one attached hydrogen (secondary N) is 1. The molecule has 0 spiro atoms. The van der Waals surface area contributed by atoms with Crippen molar-refractivity contribution in [1.29, 1.82) is 0 Å². The number of pyridine rings is 1. The smallest absolute Gasteiger partial charge is 0.343 e. The summed E-state index contributed by atoms with van der Waals surface area (Å²) in [6, 6.07) is 13.8. The number of hydrogen-bond donors (Lipinski definition) is 1. The molecular weight excluding hydrogens is 582 g/mol. The fourth-order valence-corrected chi connectivity index (χ4v) is 4.12. The van der Waals surface area contributed by atoms with Gasteiger partial charge in [-0.15, -0.1) is 0 Å². The monoisotopic (exact) mass is 593 g/mol. The Morgan fingerprint density at radius 2 is 1.83 bits per heavy atom. The number of carbonyl (C=O) groups is 2. The number of amides is 1. The number of ether oxygens (including phenoxy) is 1. The molecule has 1 heterocycles. The average Bonchev–Trinajstić information content (AvgIpc) is 2.70. The highest BCUT2D eigenvalue weighted by atomic mass is 79.9. The summed E-state index contributed by atoms with van der Waals surface area (Å²) in [5.41, 5.74) is 4.51. The van der Waals surface area contributed by atoms with Gasteiger partial charge in [0.25, 0.3) is 5.91 Å². The molecule has 30 heavy (non-hydrogen) atoms. The standard InChI is InChI=1S/C21H14Br3N3O3/c1-12-5-6-14(10-25-12)20(28)27-26-11-15-8-17(23)9-18(24)19(15)30-21(29)13-3-2-4-16(22)7-13/h2-11H,1H3,(H,27,28)/b26-11-. The van der Waals surface area contributed by atoms with Gasteiger partial charge in [-0.2, -0.15) is 5.10 Å². The van der Waals surface area contributed by atoms with Crippen LogP contribution in [0.4, 0.5) is 0 Å². The minimum atomic E-state index is -0.524. The van der Waals surface area contributed by atoms with Crippen molar-refractivity contribution in [2.75, 3.05) is 0 Å². The Morgan fingerprint density at radius 1 is 1.03 bits per heavy atom. The van der Waals surface area contributed by atoms with Crippen molar-refractivity contribution in [1.82, 2.24) is 10.4 Å². The molecule has 9 heteroatoms. The summed E-state index contributed by atoms with van der Waals surface area (Å²) in [6.45, 7) is 1.84. The van der Waals surface area contributed by atoms with Crippen LogP contribution in [0.25, 0.3) is 0 Å². The third-order valence-electron chi connectivity index (χ3n) is 3.84. The zero-order valence-electron chi connectivity index (χ0n) is 15.5. The highest BCUT2D eigenvalue weighted by Crippen LogP contribution is 2.32. The normalized spacial score (nSPS) is 10.8. The number of aryl methyl sites for hydroxylation is 1. The Kier molecular flexibility index (Phi) is 7.52. The summed E-state index contributed by atoms with van der Waals surface area (Å²) in [5.74, 6) is -0.651. The summed E-state index contributed by atoms with van der Waals surface area (Å²) in [6.07, 6.45) is 2.87. The van der Waals surface area contributed by atoms with Crippen LogP contribution in [-0.2, 0) is 0 Å². The minimum absolute atomic E-state index is 0.276. The summed E-state index contributed by atoms with van der Waals surface area (Å²) in [7, 11) is 0. The number of hydrogen-bond acceptors (Lipinski definition) is 5. The fourth-order valence-electron chi connectivity index (χ4n) is 2.38. The Balaban J connectivity index is 1.80. The van der Waals surface area contributed by atoms with E-state index in [1.165, 1.54) is 12.4 Å². The van der Waals surface area contributed by atoms with Gasteiger partial charge in [0.15, 0.2) is 5.75 Å². The molecule has 0 saturated carbocycles. The fraction of sp³-hybridized carbons (Fsp3) is 0.0476. The van der Waals surface area contributed by atoms with Gasteiger partial charge in [-0.05, 0) is 65.3 Å². The number of benzene rings is 2. The third kappa shape index (κ3) is 5.84. The van der Waals surface area contributed by atoms with Crippen molar-refractivity contribution in [2.24, 2.45) is 5.10 Å². The molecule has 0 atom stereocenters. The summed E-state index contributed by atoms with van der Waals surface area (Å²) >= 11 is 10.1. The predicted octanol–water partition coefficient (Wildman–Crippen LogP) is 5.66. The molecule has 0 fully saturated rings. The van der Waals surface area contributed by atoms with E-state index < -0.39 is 11.9 Å². The van der Waals surface area contributed by atoms with Gasteiger partial charge in [-0.1, -0.05) is 37.9 Å². The van der Waals surface area contributed by atoms with Crippen molar-refractivity contribution >= 4 is 65.9 Å². The van der Waals surface area contributed by atoms with Crippen LogP contribution in [0.2, 0.25) is 0 Å². The second-order valence-corrected chi connectivity index (χ2v) is 8.78. The SMILES string of the molecule is Cc1ccc(C(=O)N/N=C\c2cc(Br)cc(Br)c2OC(=O)c2cccc(Br)c2)cn1. The molecule has 3 aromatic rings. The van der Waals surface area contributed by atoms with Gasteiger partial charge in [-0.3, -0.25) is 9.78 Å². The van der Waals surface area contributed by atoms with Crippen molar-refractivity contribution in [3.8, 4) is 5.75 Å². The van der Waals surface area contributed by atoms with Crippen LogP contribution in [0.15, 0.2) is 73.2 Å². The highest BCUT2D eigenvalue weighted by Gasteiger charge is 2.16. The van der Waals surface area contributed by atoms with E-state index in [2.05, 4.69) is 63.3 Å². The minimum Gasteiger partial charge on any atom is -0.421 e. The van der Waals surface area contributed by atoms with Crippen LogP contribution in [0, 0.1) is 6.92 Å². The largest absolute Gasteiger partial charge is 0.421 e. The van der Waals surface area contributed by atoms with Crippen LogP contribution >= 0.6 is 47.8 Å². The Morgan fingerprint density at radius 3 is 2.53 bits per heavy atom. The van der Waals surface area contributed by atoms with Crippen LogP contribution in [0.3, 0.4) is 0 Å². The molecule has 0 unspecified atom stereocenters. The van der Waals surface area contributed by atoms with Crippen LogP contribution in [0.1, 0.15) is 32.0 Å². The van der Waals surface area contributed by atoms with Gasteiger partial charge in [0.1, 0.15) is 0 Å². The van der Waals surface area contributed by atoms with Crippen molar-refractivity contribution in [3.63, 3.8) is 0 Å². The summed E-state index contributed by atoms with van der Waals surface area (Å²) in [4.78, 5) is 28.8. The molecule has 0 aliphatic rings. The lowest BCUT2D eigenvalue weighted by Crippen LogP contribution is -2.18. The van der Waals surface area contributed by atoms with E-state index in [4.69, 9.17) is 4.74 Å². The summed E-state index contributed by atoms with van der Waals surface area (Å²) < 4.78 is 7.65. The van der Waals surface area contributed by atoms with E-state index in [1.807, 2.05) is 13.0 Å². The van der Waals surface area contributed by atoms with Crippen LogP contribution in [-0.4, -0.2) is 23.1 Å². The van der Waals surface area contributed by atoms with Gasteiger partial charge in [0, 0.05) is 26.4 Å². The molecule has 0 aliphatic carbocycles. The van der Waals surface area contributed by atoms with E-state index in [-0.39, 0.29) is 5.75 Å². The Labute approximate surface area is 198 Å². The Bertz CT molecular complexity index is 1130. The maximum Gasteiger partial charge on any atom is 0.343 e. The topological polar surface area (TPSA) is 80.6 Å². The van der Waals surface area contributed by atoms with Crippen LogP contribution < -0.4 is 10.2 Å². The second kappa shape index (κ2) is 10.1. The third-order valence-corrected chi connectivity index (χ3v) is 5.38. The van der Waals surface area contributed by atoms with E-state index in [0.29, 0.717) is 21.2 Å². The maximum atomic E-state index is 12.6. The predicted molar refractivity (Wildman–Crippen MR) is 125 cm³/mol. The van der Waals surface area contributed by atoms with Gasteiger partial charge in [-0.25, -0.2) is 10.2 Å². The van der Waals surface area contributed by atoms with Gasteiger partial charge in [0.05, 0.1) is 21.8 Å². The Hall–Kier alpha value is -2.36. The number of halogens is 3. The molecule has 6 nitrogen and oxygen atoms in total. The number of aromatic nitrogens is 1. The lowest BCUT2D eigenvalue weighted by molar-refractivity contribution is 0.0732. The van der Waals surface area contributed by atoms with E-state index in [9.17, 15) is 9.59 Å². The van der Waals surface area contributed by atoms with Crippen molar-refractivity contribution in [2.45, 2.75) is 6.92 Å². The molecule has 3 rings (SSSR count). The molecule has 1 amide bonds. The van der Waals surface area contributed by atoms with Gasteiger partial charge in [0.2, 0.25) is 0 Å². The van der Waals surface area contributed by atoms with Gasteiger partial charge < -0.3 is 4.74 Å². The molecular formula is C21H14Br3N3O3. The summed E-state index contributed by atoms with van der Waals surface area (Å²) in [5, 5.41) is 3.98. The average molecular weight is 596 g/mol. The molecule has 2 aromatic carbocycles. The van der Waals surface area contributed by atoms with Gasteiger partial charge >= 0.3 is 5.97 Å². The number of carbonyl (C=O) groups excluding carboxylic acids is 2. The van der Waals surface area contributed by atoms with E-state index in [0.717, 1.165) is 14.6 Å². The van der Waals surface area contributed by atoms with Crippen LogP contribution in [0.5, 0.6) is 5.75 Å². The zero-order valence-corrected chi connectivity index (χ0v) is 20.3. The molecule has 152 valence electrons. The quantitative estimate of drug-likeness (QED) is 0.179. The van der Waals surface area contributed by atoms with Crippen molar-refractivity contribution in [3.05, 3.63) is 90.5 Å². The maximum absolute atomic E-state index is 12.6. The first kappa shape index (κ1) is 22.3. The zero-order chi connectivity index (χ0) is 21.7. The molecule has 0 saturated heterocycles. The molecule has 0 aliphatic heterocycles. The number of rotatable bonds is 5. The highest BCUT2D eigenvalue weighted by molar-refractivity contribution is 9.11. The van der Waals surface area contributed by atoms with E-state index >= 15 is 0 Å². The first-order valence-electron chi connectivity index (χ1n) is 8.56. The molecule has 1 aromatic heterocycles. The number of nitrogens with zero attached hydrogens (tertiary/aromatic N) is 2. The first-order valence-corrected chi connectivity index (χ1v) is 10.9.